The Kier molecular flexibility index (Phi) is 4.91. The molecule has 0 spiro atoms. The molecule has 0 bridgehead atoms. The minimum Gasteiger partial charge on any atom is -0.271 e. The van der Waals surface area contributed by atoms with Gasteiger partial charge in [0.25, 0.3) is 5.70 Å². The molecule has 0 aromatic carbocycles. The third kappa shape index (κ3) is 3.96. The summed E-state index contributed by atoms with van der Waals surface area (Å²) < 4.78 is 0. The van der Waals surface area contributed by atoms with Crippen LogP contribution in [0.1, 0.15) is 0 Å². The maximum absolute atomic E-state index is 8.32. The quantitative estimate of drug-likeness (QED) is 0.291. The lowest BCUT2D eigenvalue weighted by Crippen LogP contribution is -1.68. The van der Waals surface area contributed by atoms with Gasteiger partial charge in [0.1, 0.15) is 0 Å². The number of hydrogen-bond acceptors (Lipinski definition) is 2. The van der Waals surface area contributed by atoms with Crippen LogP contribution in [0.4, 0.5) is 0 Å². The molecule has 0 aliphatic carbocycles. The minimum absolute atomic E-state index is 0.0264. The van der Waals surface area contributed by atoms with E-state index in [0.29, 0.717) is 0 Å². The summed E-state index contributed by atoms with van der Waals surface area (Å²) in [5.74, 6) is 1.90. The van der Waals surface area contributed by atoms with Gasteiger partial charge in [-0.1, -0.05) is 6.08 Å². The van der Waals surface area contributed by atoms with E-state index in [1.165, 1.54) is 18.2 Å². The highest BCUT2D eigenvalue weighted by molar-refractivity contribution is 5.61. The maximum atomic E-state index is 8.32. The summed E-state index contributed by atoms with van der Waals surface area (Å²) in [4.78, 5) is 5.85. The summed E-state index contributed by atoms with van der Waals surface area (Å²) >= 11 is 0. The van der Waals surface area contributed by atoms with Gasteiger partial charge in [-0.3, -0.25) is 5.41 Å². The molecule has 0 saturated carbocycles. The molecule has 0 aromatic rings. The molecule has 0 radical (unpaired) electrons. The van der Waals surface area contributed by atoms with Crippen molar-refractivity contribution < 1.29 is 0 Å². The molecule has 0 unspecified atom stereocenters. The van der Waals surface area contributed by atoms with Gasteiger partial charge < -0.3 is 0 Å². The lowest BCUT2D eigenvalue weighted by molar-refractivity contribution is 1.50. The molecule has 0 saturated heterocycles. The van der Waals surface area contributed by atoms with E-state index >= 15 is 0 Å². The van der Waals surface area contributed by atoms with Crippen molar-refractivity contribution in [3.05, 3.63) is 52.5 Å². The lowest BCUT2D eigenvalue weighted by atomic mass is 10.3. The first-order chi connectivity index (χ1) is 6.28. The van der Waals surface area contributed by atoms with E-state index in [0.717, 1.165) is 0 Å². The first-order valence-corrected chi connectivity index (χ1v) is 3.11. The molecular weight excluding hydrogens is 164 g/mol. The first-order valence-electron chi connectivity index (χ1n) is 3.11. The Bertz CT molecular complexity index is 398. The normalized spacial score (nSPS) is 9.46. The Hall–Kier alpha value is -2.60. The zero-order chi connectivity index (χ0) is 10.1. The molecule has 1 N–H and O–H groups in total. The molecule has 0 atom stereocenters. The molecule has 0 aliphatic heterocycles. The van der Waals surface area contributed by atoms with Crippen LogP contribution in [0.5, 0.6) is 0 Å². The van der Waals surface area contributed by atoms with Crippen molar-refractivity contribution in [2.24, 2.45) is 0 Å². The highest BCUT2D eigenvalue weighted by atomic mass is 14.7. The van der Waals surface area contributed by atoms with E-state index in [4.69, 9.17) is 23.8 Å². The summed E-state index contributed by atoms with van der Waals surface area (Å²) in [6.07, 6.45) is 3.95. The van der Waals surface area contributed by atoms with Crippen LogP contribution in [0.25, 0.3) is 9.69 Å². The Morgan fingerprint density at radius 3 is 2.46 bits per heavy atom. The highest BCUT2D eigenvalue weighted by Gasteiger charge is 1.87. The summed E-state index contributed by atoms with van der Waals surface area (Å²) in [5.41, 5.74) is -0.0379. The van der Waals surface area contributed by atoms with E-state index < -0.39 is 0 Å². The van der Waals surface area contributed by atoms with Crippen LogP contribution in [-0.2, 0) is 0 Å². The number of rotatable bonds is 2. The van der Waals surface area contributed by atoms with Crippen LogP contribution in [0.3, 0.4) is 0 Å². The average Bonchev–Trinajstić information content (AvgIpc) is 2.19. The van der Waals surface area contributed by atoms with Crippen LogP contribution in [0.15, 0.2) is 29.6 Å². The molecule has 0 fully saturated rings. The second-order valence-electron chi connectivity index (χ2n) is 1.76. The molecule has 0 rings (SSSR count). The second-order valence-corrected chi connectivity index (χ2v) is 1.76. The Labute approximate surface area is 75.9 Å². The number of hydrogen-bond donors (Lipinski definition) is 1. The molecule has 13 heavy (non-hydrogen) atoms. The van der Waals surface area contributed by atoms with Crippen LogP contribution in [-0.4, -0.2) is 5.87 Å². The van der Waals surface area contributed by atoms with E-state index in [2.05, 4.69) is 9.69 Å². The smallest absolute Gasteiger partial charge is 0.261 e. The van der Waals surface area contributed by atoms with Crippen molar-refractivity contribution >= 4 is 5.87 Å². The van der Waals surface area contributed by atoms with Gasteiger partial charge in [-0.15, -0.1) is 0 Å². The molecule has 0 heterocycles. The lowest BCUT2D eigenvalue weighted by Gasteiger charge is -1.78. The SMILES string of the molecule is [C-]#[N+]C(=C=N)/C=C/C=C(\C#N)[N+]#[C-]. The Balaban J connectivity index is 4.62. The van der Waals surface area contributed by atoms with E-state index in [1.54, 1.807) is 6.07 Å². The zero-order valence-electron chi connectivity index (χ0n) is 6.57. The van der Waals surface area contributed by atoms with Crippen LogP contribution < -0.4 is 0 Å². The number of nitrogens with one attached hydrogen (secondary N) is 1. The summed E-state index contributed by atoms with van der Waals surface area (Å²) in [7, 11) is 0. The number of nitriles is 1. The van der Waals surface area contributed by atoms with Crippen molar-refractivity contribution in [3.63, 3.8) is 0 Å². The first kappa shape index (κ1) is 10.4. The van der Waals surface area contributed by atoms with E-state index in [9.17, 15) is 0 Å². The van der Waals surface area contributed by atoms with Crippen LogP contribution in [0, 0.1) is 29.9 Å². The van der Waals surface area contributed by atoms with Gasteiger partial charge in [0.2, 0.25) is 5.70 Å². The number of allylic oxidation sites excluding steroid dienone is 4. The molecule has 0 aromatic heterocycles. The van der Waals surface area contributed by atoms with E-state index in [1.807, 2.05) is 5.87 Å². The second kappa shape index (κ2) is 6.13. The molecule has 0 aliphatic rings. The van der Waals surface area contributed by atoms with Gasteiger partial charge >= 0.3 is 0 Å². The highest BCUT2D eigenvalue weighted by Crippen LogP contribution is 1.97. The fraction of sp³-hybridized carbons (Fsp3) is 0. The summed E-state index contributed by atoms with van der Waals surface area (Å²) in [6.45, 7) is 13.1. The van der Waals surface area contributed by atoms with Crippen molar-refractivity contribution in [2.45, 2.75) is 0 Å². The van der Waals surface area contributed by atoms with Crippen molar-refractivity contribution in [1.82, 2.24) is 0 Å². The van der Waals surface area contributed by atoms with Gasteiger partial charge in [0, 0.05) is 0 Å². The van der Waals surface area contributed by atoms with Crippen molar-refractivity contribution in [1.29, 1.82) is 10.7 Å². The predicted octanol–water partition coefficient (Wildman–Crippen LogP) is 1.92. The Morgan fingerprint density at radius 2 is 2.08 bits per heavy atom. The summed E-state index contributed by atoms with van der Waals surface area (Å²) in [5, 5.41) is 15.0. The fourth-order valence-electron chi connectivity index (χ4n) is 0.437. The van der Waals surface area contributed by atoms with Gasteiger partial charge in [0.15, 0.2) is 0 Å². The molecule has 4 heteroatoms. The Morgan fingerprint density at radius 1 is 1.38 bits per heavy atom. The topological polar surface area (TPSA) is 56.4 Å². The standard InChI is InChI=1S/C9H4N4/c1-12-8(6-10)4-3-5-9(7-11)13-2/h3-5,10H/b4-3+,9-5+. The van der Waals surface area contributed by atoms with Crippen molar-refractivity contribution in [3.8, 4) is 6.07 Å². The van der Waals surface area contributed by atoms with Crippen molar-refractivity contribution in [2.75, 3.05) is 0 Å². The number of nitrogens with zero attached hydrogens (tertiary/aromatic N) is 3. The van der Waals surface area contributed by atoms with Gasteiger partial charge in [-0.25, -0.2) is 15.0 Å². The molecule has 0 amide bonds. The molecule has 60 valence electrons. The van der Waals surface area contributed by atoms with Gasteiger partial charge in [-0.05, 0) is 18.0 Å². The average molecular weight is 168 g/mol. The zero-order valence-corrected chi connectivity index (χ0v) is 6.57. The van der Waals surface area contributed by atoms with E-state index in [-0.39, 0.29) is 11.4 Å². The molecular formula is C9H4N4. The largest absolute Gasteiger partial charge is 0.271 e. The summed E-state index contributed by atoms with van der Waals surface area (Å²) in [6, 6.07) is 1.66. The molecule has 4 nitrogen and oxygen atoms in total. The third-order valence-corrected chi connectivity index (χ3v) is 0.992. The van der Waals surface area contributed by atoms with Crippen LogP contribution >= 0.6 is 0 Å². The monoisotopic (exact) mass is 168 g/mol. The third-order valence-electron chi connectivity index (χ3n) is 0.992. The van der Waals surface area contributed by atoms with Gasteiger partial charge in [0.05, 0.1) is 19.2 Å². The van der Waals surface area contributed by atoms with Gasteiger partial charge in [-0.2, -0.15) is 0 Å². The predicted molar refractivity (Wildman–Crippen MR) is 47.3 cm³/mol. The fourth-order valence-corrected chi connectivity index (χ4v) is 0.437. The van der Waals surface area contributed by atoms with Crippen LogP contribution in [0.2, 0.25) is 0 Å². The minimum atomic E-state index is -0.0643. The maximum Gasteiger partial charge on any atom is 0.261 e.